The molecule has 30 heavy (non-hydrogen) atoms. The summed E-state index contributed by atoms with van der Waals surface area (Å²) in [4.78, 5) is 15.2. The minimum absolute atomic E-state index is 0.171. The van der Waals surface area contributed by atoms with Crippen LogP contribution in [-0.4, -0.2) is 36.3 Å². The highest BCUT2D eigenvalue weighted by atomic mass is 16.5. The molecule has 2 aliphatic rings. The molecule has 1 aromatic heterocycles. The molecule has 1 fully saturated rings. The monoisotopic (exact) mass is 410 g/mol. The standard InChI is InChI=1S/C25H34N2O3/c1-4-7-22-19-13-20(23-8-6-9-25(28)27(22)23)16-26(15-19)14-18-10-11-24(29-3)21(12-18)17-30-5-2/h6,8-12,19-20,22H,4-5,7,13-17H2,1-3H3/t19-,20+,22-/m0/s1. The fourth-order valence-electron chi connectivity index (χ4n) is 5.44. The van der Waals surface area contributed by atoms with Gasteiger partial charge in [0, 0.05) is 55.5 Å². The molecule has 5 heteroatoms. The van der Waals surface area contributed by atoms with Gasteiger partial charge in [0.1, 0.15) is 5.75 Å². The van der Waals surface area contributed by atoms with Crippen LogP contribution in [-0.2, 0) is 17.9 Å². The van der Waals surface area contributed by atoms with Crippen LogP contribution in [0.25, 0.3) is 0 Å². The molecule has 5 nitrogen and oxygen atoms in total. The summed E-state index contributed by atoms with van der Waals surface area (Å²) >= 11 is 0. The van der Waals surface area contributed by atoms with Gasteiger partial charge in [0.2, 0.25) is 0 Å². The summed E-state index contributed by atoms with van der Waals surface area (Å²) in [6.45, 7) is 8.48. The summed E-state index contributed by atoms with van der Waals surface area (Å²) in [6, 6.07) is 12.6. The molecule has 0 radical (unpaired) electrons. The normalized spacial score (nSPS) is 23.2. The fraction of sp³-hybridized carbons (Fsp3) is 0.560. The molecular weight excluding hydrogens is 376 g/mol. The van der Waals surface area contributed by atoms with Crippen molar-refractivity contribution in [2.24, 2.45) is 5.92 Å². The number of pyridine rings is 1. The largest absolute Gasteiger partial charge is 0.496 e. The predicted molar refractivity (Wildman–Crippen MR) is 119 cm³/mol. The molecule has 0 N–H and O–H groups in total. The molecule has 0 unspecified atom stereocenters. The Kier molecular flexibility index (Phi) is 6.59. The van der Waals surface area contributed by atoms with Crippen molar-refractivity contribution < 1.29 is 9.47 Å². The zero-order chi connectivity index (χ0) is 21.1. The number of piperidine rings is 1. The van der Waals surface area contributed by atoms with E-state index in [-0.39, 0.29) is 5.56 Å². The average Bonchev–Trinajstić information content (AvgIpc) is 2.75. The molecule has 0 spiro atoms. The molecule has 2 aliphatic heterocycles. The maximum absolute atomic E-state index is 12.7. The van der Waals surface area contributed by atoms with Gasteiger partial charge in [-0.1, -0.05) is 25.5 Å². The van der Waals surface area contributed by atoms with Crippen LogP contribution in [0.15, 0.2) is 41.2 Å². The number of hydrogen-bond acceptors (Lipinski definition) is 4. The molecular formula is C25H34N2O3. The number of fused-ring (bicyclic) bond motifs is 4. The van der Waals surface area contributed by atoms with Crippen molar-refractivity contribution >= 4 is 0 Å². The van der Waals surface area contributed by atoms with Crippen molar-refractivity contribution in [2.45, 2.75) is 58.2 Å². The number of ether oxygens (including phenoxy) is 2. The van der Waals surface area contributed by atoms with E-state index in [1.165, 1.54) is 17.7 Å². The third-order valence-corrected chi connectivity index (χ3v) is 6.67. The van der Waals surface area contributed by atoms with Gasteiger partial charge in [-0.05, 0) is 49.4 Å². The van der Waals surface area contributed by atoms with Crippen LogP contribution in [0.1, 0.15) is 61.9 Å². The smallest absolute Gasteiger partial charge is 0.250 e. The second-order valence-corrected chi connectivity index (χ2v) is 8.69. The van der Waals surface area contributed by atoms with Crippen molar-refractivity contribution in [3.8, 4) is 5.75 Å². The predicted octanol–water partition coefficient (Wildman–Crippen LogP) is 4.35. The SMILES string of the molecule is CCC[C@H]1[C@H]2C[C@H](CN(Cc3ccc(OC)c(COCC)c3)C2)c2cccc(=O)n21. The summed E-state index contributed by atoms with van der Waals surface area (Å²) < 4.78 is 13.3. The van der Waals surface area contributed by atoms with Crippen LogP contribution in [0.2, 0.25) is 0 Å². The molecule has 2 bridgehead atoms. The molecule has 1 saturated heterocycles. The Hall–Kier alpha value is -2.11. The number of aromatic nitrogens is 1. The quantitative estimate of drug-likeness (QED) is 0.649. The van der Waals surface area contributed by atoms with Crippen LogP contribution in [0.3, 0.4) is 0 Å². The summed E-state index contributed by atoms with van der Waals surface area (Å²) in [5, 5.41) is 0. The molecule has 1 aromatic carbocycles. The maximum Gasteiger partial charge on any atom is 0.250 e. The zero-order valence-corrected chi connectivity index (χ0v) is 18.5. The van der Waals surface area contributed by atoms with Crippen molar-refractivity contribution in [3.63, 3.8) is 0 Å². The highest BCUT2D eigenvalue weighted by Gasteiger charge is 2.39. The van der Waals surface area contributed by atoms with Crippen molar-refractivity contribution in [3.05, 3.63) is 63.6 Å². The molecule has 0 saturated carbocycles. The molecule has 0 aliphatic carbocycles. The van der Waals surface area contributed by atoms with Crippen molar-refractivity contribution in [1.82, 2.24) is 9.47 Å². The number of benzene rings is 1. The minimum Gasteiger partial charge on any atom is -0.496 e. The second-order valence-electron chi connectivity index (χ2n) is 8.69. The summed E-state index contributed by atoms with van der Waals surface area (Å²) in [7, 11) is 1.71. The number of hydrogen-bond donors (Lipinski definition) is 0. The molecule has 3 heterocycles. The van der Waals surface area contributed by atoms with E-state index < -0.39 is 0 Å². The third kappa shape index (κ3) is 4.19. The Labute approximate surface area is 179 Å². The van der Waals surface area contributed by atoms with Crippen LogP contribution < -0.4 is 10.3 Å². The fourth-order valence-corrected chi connectivity index (χ4v) is 5.44. The lowest BCUT2D eigenvalue weighted by Gasteiger charge is -2.47. The van der Waals surface area contributed by atoms with Gasteiger partial charge in [-0.3, -0.25) is 9.69 Å². The average molecular weight is 411 g/mol. The Morgan fingerprint density at radius 1 is 1.13 bits per heavy atom. The first-order valence-corrected chi connectivity index (χ1v) is 11.3. The van der Waals surface area contributed by atoms with Gasteiger partial charge >= 0.3 is 0 Å². The Bertz CT molecular complexity index is 923. The zero-order valence-electron chi connectivity index (χ0n) is 18.5. The van der Waals surface area contributed by atoms with Crippen LogP contribution in [0, 0.1) is 5.92 Å². The summed E-state index contributed by atoms with van der Waals surface area (Å²) in [5.74, 6) is 1.86. The van der Waals surface area contributed by atoms with E-state index >= 15 is 0 Å². The highest BCUT2D eigenvalue weighted by Crippen LogP contribution is 2.43. The van der Waals surface area contributed by atoms with E-state index in [1.54, 1.807) is 13.2 Å². The van der Waals surface area contributed by atoms with E-state index in [1.807, 2.05) is 13.0 Å². The molecule has 162 valence electrons. The van der Waals surface area contributed by atoms with E-state index in [0.29, 0.717) is 31.1 Å². The van der Waals surface area contributed by atoms with Crippen LogP contribution >= 0.6 is 0 Å². The topological polar surface area (TPSA) is 43.7 Å². The summed E-state index contributed by atoms with van der Waals surface area (Å²) in [6.07, 6.45) is 3.37. The van der Waals surface area contributed by atoms with E-state index in [4.69, 9.17) is 9.47 Å². The Morgan fingerprint density at radius 2 is 2.00 bits per heavy atom. The Balaban J connectivity index is 1.56. The van der Waals surface area contributed by atoms with Gasteiger partial charge in [-0.2, -0.15) is 0 Å². The van der Waals surface area contributed by atoms with Gasteiger partial charge in [0.05, 0.1) is 13.7 Å². The summed E-state index contributed by atoms with van der Waals surface area (Å²) in [5.41, 5.74) is 3.80. The van der Waals surface area contributed by atoms with E-state index in [0.717, 1.165) is 43.8 Å². The highest BCUT2D eigenvalue weighted by molar-refractivity contribution is 5.37. The first kappa shape index (κ1) is 21.1. The molecule has 3 atom stereocenters. The van der Waals surface area contributed by atoms with E-state index in [9.17, 15) is 4.79 Å². The number of nitrogens with zero attached hydrogens (tertiary/aromatic N) is 2. The number of likely N-dealkylation sites (tertiary alicyclic amines) is 1. The van der Waals surface area contributed by atoms with Gasteiger partial charge in [-0.25, -0.2) is 0 Å². The minimum atomic E-state index is 0.171. The lowest BCUT2D eigenvalue weighted by atomic mass is 9.77. The van der Waals surface area contributed by atoms with Gasteiger partial charge in [0.15, 0.2) is 0 Å². The van der Waals surface area contributed by atoms with Crippen LogP contribution in [0.5, 0.6) is 5.75 Å². The number of rotatable bonds is 8. The molecule has 2 aromatic rings. The van der Waals surface area contributed by atoms with Gasteiger partial charge in [-0.15, -0.1) is 0 Å². The van der Waals surface area contributed by atoms with Crippen LogP contribution in [0.4, 0.5) is 0 Å². The van der Waals surface area contributed by atoms with Gasteiger partial charge < -0.3 is 14.0 Å². The van der Waals surface area contributed by atoms with Crippen molar-refractivity contribution in [1.29, 1.82) is 0 Å². The third-order valence-electron chi connectivity index (χ3n) is 6.67. The first-order valence-electron chi connectivity index (χ1n) is 11.3. The van der Waals surface area contributed by atoms with E-state index in [2.05, 4.69) is 40.7 Å². The lowest BCUT2D eigenvalue weighted by Crippen LogP contribution is -2.49. The molecule has 4 rings (SSSR count). The first-order chi connectivity index (χ1) is 14.6. The van der Waals surface area contributed by atoms with Crippen molar-refractivity contribution in [2.75, 3.05) is 26.8 Å². The number of methoxy groups -OCH3 is 1. The maximum atomic E-state index is 12.7. The lowest BCUT2D eigenvalue weighted by molar-refractivity contribution is 0.0816. The van der Waals surface area contributed by atoms with Gasteiger partial charge in [0.25, 0.3) is 5.56 Å². The molecule has 0 amide bonds. The second kappa shape index (κ2) is 9.36. The Morgan fingerprint density at radius 3 is 2.77 bits per heavy atom.